The number of nitrogens with zero attached hydrogens (tertiary/aromatic N) is 2. The lowest BCUT2D eigenvalue weighted by Crippen LogP contribution is -2.19. The highest BCUT2D eigenvalue weighted by Crippen LogP contribution is 2.21. The highest BCUT2D eigenvalue weighted by Gasteiger charge is 2.24. The topological polar surface area (TPSA) is 56.4 Å². The fraction of sp³-hybridized carbons (Fsp3) is 0.111. The first-order chi connectivity index (χ1) is 6.13. The van der Waals surface area contributed by atoms with E-state index in [2.05, 4.69) is 20.9 Å². The molecule has 0 aromatic heterocycles. The number of alkyl halides is 1. The average Bonchev–Trinajstić information content (AvgIpc) is 2.42. The maximum atomic E-state index is 9.18. The van der Waals surface area contributed by atoms with Crippen molar-refractivity contribution < 1.29 is 5.11 Å². The molecule has 1 heterocycles. The minimum absolute atomic E-state index is 0.180. The summed E-state index contributed by atoms with van der Waals surface area (Å²) in [6, 6.07) is 6.83. The minimum atomic E-state index is -0.955. The van der Waals surface area contributed by atoms with Crippen LogP contribution in [-0.4, -0.2) is 9.55 Å². The summed E-state index contributed by atoms with van der Waals surface area (Å²) in [5.74, 6) is 0.180. The molecule has 1 atom stereocenters. The van der Waals surface area contributed by atoms with Crippen molar-refractivity contribution in [1.82, 2.24) is 0 Å². The van der Waals surface area contributed by atoms with Crippen LogP contribution in [-0.2, 0) is 0 Å². The Balaban J connectivity index is 2.76. The molecule has 1 aromatic carbocycles. The molecule has 1 aromatic rings. The van der Waals surface area contributed by atoms with E-state index in [1.807, 2.05) is 6.07 Å². The number of hydrogen-bond donors (Lipinski definition) is 1. The molecule has 0 saturated heterocycles. The molecular weight excluding hydrogens is 232 g/mol. The van der Waals surface area contributed by atoms with Crippen molar-refractivity contribution in [3.05, 3.63) is 28.8 Å². The van der Waals surface area contributed by atoms with Crippen LogP contribution < -0.4 is 10.6 Å². The fourth-order valence-corrected chi connectivity index (χ4v) is 1.67. The van der Waals surface area contributed by atoms with E-state index in [1.165, 1.54) is 0 Å². The van der Waals surface area contributed by atoms with Gasteiger partial charge < -0.3 is 5.11 Å². The van der Waals surface area contributed by atoms with Crippen LogP contribution >= 0.6 is 15.9 Å². The monoisotopic (exact) mass is 236 g/mol. The maximum absolute atomic E-state index is 9.18. The van der Waals surface area contributed by atoms with Gasteiger partial charge in [0.25, 0.3) is 0 Å². The van der Waals surface area contributed by atoms with Gasteiger partial charge in [-0.1, -0.05) is 0 Å². The van der Waals surface area contributed by atoms with E-state index in [1.54, 1.807) is 24.3 Å². The summed E-state index contributed by atoms with van der Waals surface area (Å²) in [7, 11) is 0. The van der Waals surface area contributed by atoms with Crippen LogP contribution in [0.1, 0.15) is 0 Å². The highest BCUT2D eigenvalue weighted by atomic mass is 79.9. The molecule has 3 nitrogen and oxygen atoms in total. The number of fused-ring (bicyclic) bond motifs is 1. The Hall–Kier alpha value is -1.34. The maximum Gasteiger partial charge on any atom is 0.220 e. The lowest BCUT2D eigenvalue weighted by atomic mass is 10.2. The normalized spacial score (nSPS) is 24.0. The highest BCUT2D eigenvalue weighted by molar-refractivity contribution is 9.10. The largest absolute Gasteiger partial charge is 0.508 e. The molecule has 0 radical (unpaired) electrons. The molecule has 13 heavy (non-hydrogen) atoms. The van der Waals surface area contributed by atoms with Crippen molar-refractivity contribution in [1.29, 1.82) is 5.26 Å². The van der Waals surface area contributed by atoms with Crippen molar-refractivity contribution in [2.75, 3.05) is 0 Å². The molecule has 0 amide bonds. The van der Waals surface area contributed by atoms with E-state index in [4.69, 9.17) is 5.26 Å². The Morgan fingerprint density at radius 2 is 2.31 bits per heavy atom. The number of hydrogen-bond acceptors (Lipinski definition) is 3. The third-order valence-electron chi connectivity index (χ3n) is 1.80. The van der Waals surface area contributed by atoms with Crippen LogP contribution in [0.4, 0.5) is 0 Å². The number of phenols is 1. The molecule has 0 fully saturated rings. The Morgan fingerprint density at radius 3 is 3.00 bits per heavy atom. The second-order valence-electron chi connectivity index (χ2n) is 2.78. The standard InChI is InChI=1S/C9H5BrN2O/c10-9(5-11)4-6-3-7(13)1-2-8(6)12-9/h1-4,13H. The van der Waals surface area contributed by atoms with Gasteiger partial charge in [-0.2, -0.15) is 5.26 Å². The molecule has 1 aliphatic rings. The zero-order chi connectivity index (χ0) is 9.47. The molecule has 0 aliphatic carbocycles. The van der Waals surface area contributed by atoms with Gasteiger partial charge in [-0.3, -0.25) is 0 Å². The summed E-state index contributed by atoms with van der Waals surface area (Å²) in [5.41, 5.74) is 0. The molecule has 4 heteroatoms. The van der Waals surface area contributed by atoms with Crippen molar-refractivity contribution in [2.45, 2.75) is 4.45 Å². The molecule has 1 N–H and O–H groups in total. The molecule has 2 rings (SSSR count). The van der Waals surface area contributed by atoms with Gasteiger partial charge in [-0.15, -0.1) is 0 Å². The van der Waals surface area contributed by atoms with Gasteiger partial charge in [0.15, 0.2) is 0 Å². The predicted molar refractivity (Wildman–Crippen MR) is 50.6 cm³/mol. The van der Waals surface area contributed by atoms with E-state index < -0.39 is 4.45 Å². The van der Waals surface area contributed by atoms with E-state index >= 15 is 0 Å². The Kier molecular flexibility index (Phi) is 1.64. The lowest BCUT2D eigenvalue weighted by Gasteiger charge is -2.01. The number of aromatic hydroxyl groups is 1. The van der Waals surface area contributed by atoms with E-state index in [9.17, 15) is 5.11 Å². The third-order valence-corrected chi connectivity index (χ3v) is 2.38. The number of rotatable bonds is 0. The van der Waals surface area contributed by atoms with Crippen LogP contribution in [0.15, 0.2) is 23.2 Å². The molecule has 1 aliphatic heterocycles. The van der Waals surface area contributed by atoms with Crippen LogP contribution in [0.2, 0.25) is 0 Å². The molecule has 1 unspecified atom stereocenters. The second kappa shape index (κ2) is 2.57. The molecule has 0 saturated carbocycles. The lowest BCUT2D eigenvalue weighted by molar-refractivity contribution is 0.474. The summed E-state index contributed by atoms with van der Waals surface area (Å²) < 4.78 is -0.955. The van der Waals surface area contributed by atoms with Gasteiger partial charge in [-0.05, 0) is 40.2 Å². The van der Waals surface area contributed by atoms with Gasteiger partial charge in [0.05, 0.1) is 5.36 Å². The average molecular weight is 237 g/mol. The third kappa shape index (κ3) is 1.31. The number of nitriles is 1. The zero-order valence-electron chi connectivity index (χ0n) is 6.53. The number of benzene rings is 1. The van der Waals surface area contributed by atoms with Gasteiger partial charge in [-0.25, -0.2) is 4.99 Å². The smallest absolute Gasteiger partial charge is 0.220 e. The Bertz CT molecular complexity index is 517. The van der Waals surface area contributed by atoms with Crippen LogP contribution in [0, 0.1) is 11.3 Å². The Labute approximate surface area is 82.8 Å². The molecule has 0 bridgehead atoms. The summed E-state index contributed by atoms with van der Waals surface area (Å²) in [5, 5.41) is 19.5. The van der Waals surface area contributed by atoms with Crippen molar-refractivity contribution in [2.24, 2.45) is 4.99 Å². The predicted octanol–water partition coefficient (Wildman–Crippen LogP) is 0.421. The first-order valence-corrected chi connectivity index (χ1v) is 4.44. The van der Waals surface area contributed by atoms with E-state index in [0.29, 0.717) is 0 Å². The Morgan fingerprint density at radius 1 is 1.54 bits per heavy atom. The van der Waals surface area contributed by atoms with Gasteiger partial charge in [0.1, 0.15) is 11.8 Å². The van der Waals surface area contributed by atoms with Crippen LogP contribution in [0.3, 0.4) is 0 Å². The van der Waals surface area contributed by atoms with Crippen molar-refractivity contribution in [3.63, 3.8) is 0 Å². The van der Waals surface area contributed by atoms with Crippen LogP contribution in [0.5, 0.6) is 5.75 Å². The van der Waals surface area contributed by atoms with Crippen LogP contribution in [0.25, 0.3) is 6.08 Å². The number of halogens is 1. The fourth-order valence-electron chi connectivity index (χ4n) is 1.23. The summed E-state index contributed by atoms with van der Waals surface area (Å²) in [4.78, 5) is 4.13. The second-order valence-corrected chi connectivity index (χ2v) is 3.99. The van der Waals surface area contributed by atoms with Crippen molar-refractivity contribution >= 4 is 22.0 Å². The molecule has 0 spiro atoms. The first kappa shape index (κ1) is 8.27. The first-order valence-electron chi connectivity index (χ1n) is 3.65. The van der Waals surface area contributed by atoms with Crippen molar-refractivity contribution in [3.8, 4) is 11.8 Å². The molecule has 64 valence electrons. The van der Waals surface area contributed by atoms with E-state index in [0.717, 1.165) is 10.6 Å². The summed E-state index contributed by atoms with van der Waals surface area (Å²) >= 11 is 3.19. The van der Waals surface area contributed by atoms with E-state index in [-0.39, 0.29) is 5.75 Å². The summed E-state index contributed by atoms with van der Waals surface area (Å²) in [6.07, 6.45) is 1.67. The van der Waals surface area contributed by atoms with Gasteiger partial charge >= 0.3 is 0 Å². The minimum Gasteiger partial charge on any atom is -0.508 e. The van der Waals surface area contributed by atoms with Gasteiger partial charge in [0.2, 0.25) is 4.45 Å². The molecular formula is C9H5BrN2O. The number of phenolic OH excluding ortho intramolecular Hbond substituents is 1. The summed E-state index contributed by atoms with van der Waals surface area (Å²) in [6.45, 7) is 0. The quantitative estimate of drug-likeness (QED) is 0.525. The van der Waals surface area contributed by atoms with Gasteiger partial charge in [0, 0.05) is 5.22 Å². The zero-order valence-corrected chi connectivity index (χ0v) is 8.12. The SMILES string of the molecule is N#CC1(Br)C=c2cc(O)ccc2=N1.